The number of carboxylic acid groups (broad SMARTS) is 1. The number of nitrogens with zero attached hydrogens (tertiary/aromatic N) is 2. The standard InChI is InChI=1S/C12H17N3O5S/c1-15-6-9(5-13-15)11(12(17)18)14-10(16)4-8-2-3-21(19,20)7-8/h5-6,8,11H,2-4,7H2,1H3,(H,14,16)(H,17,18). The van der Waals surface area contributed by atoms with E-state index >= 15 is 0 Å². The molecule has 1 aliphatic heterocycles. The number of sulfone groups is 1. The summed E-state index contributed by atoms with van der Waals surface area (Å²) >= 11 is 0. The van der Waals surface area contributed by atoms with Crippen molar-refractivity contribution in [3.05, 3.63) is 18.0 Å². The largest absolute Gasteiger partial charge is 0.479 e. The topological polar surface area (TPSA) is 118 Å². The molecule has 1 saturated heterocycles. The van der Waals surface area contributed by atoms with E-state index in [4.69, 9.17) is 0 Å². The minimum Gasteiger partial charge on any atom is -0.479 e. The summed E-state index contributed by atoms with van der Waals surface area (Å²) < 4.78 is 24.1. The summed E-state index contributed by atoms with van der Waals surface area (Å²) in [5, 5.41) is 15.5. The van der Waals surface area contributed by atoms with Crippen LogP contribution in [0.3, 0.4) is 0 Å². The van der Waals surface area contributed by atoms with E-state index < -0.39 is 27.8 Å². The normalized spacial score (nSPS) is 21.9. The Hall–Kier alpha value is -1.90. The third-order valence-electron chi connectivity index (χ3n) is 3.41. The predicted molar refractivity (Wildman–Crippen MR) is 73.1 cm³/mol. The van der Waals surface area contributed by atoms with Gasteiger partial charge in [-0.2, -0.15) is 5.10 Å². The molecule has 1 fully saturated rings. The number of hydrogen-bond acceptors (Lipinski definition) is 5. The van der Waals surface area contributed by atoms with E-state index in [0.29, 0.717) is 12.0 Å². The van der Waals surface area contributed by atoms with Gasteiger partial charge in [0.05, 0.1) is 17.7 Å². The summed E-state index contributed by atoms with van der Waals surface area (Å²) in [6, 6.07) is -1.18. The fraction of sp³-hybridized carbons (Fsp3) is 0.583. The van der Waals surface area contributed by atoms with Crippen molar-refractivity contribution in [3.63, 3.8) is 0 Å². The number of nitrogens with one attached hydrogen (secondary N) is 1. The maximum Gasteiger partial charge on any atom is 0.331 e. The predicted octanol–water partition coefficient (Wildman–Crippen LogP) is -0.513. The molecular formula is C12H17N3O5S. The van der Waals surface area contributed by atoms with Crippen LogP contribution in [0, 0.1) is 5.92 Å². The Kier molecular flexibility index (Phi) is 4.31. The molecule has 2 unspecified atom stereocenters. The number of hydrogen-bond donors (Lipinski definition) is 2. The van der Waals surface area contributed by atoms with Crippen LogP contribution >= 0.6 is 0 Å². The molecule has 0 bridgehead atoms. The van der Waals surface area contributed by atoms with Gasteiger partial charge in [0.2, 0.25) is 5.91 Å². The van der Waals surface area contributed by atoms with Gasteiger partial charge in [0, 0.05) is 25.2 Å². The molecule has 116 valence electrons. The van der Waals surface area contributed by atoms with E-state index in [1.165, 1.54) is 17.1 Å². The third-order valence-corrected chi connectivity index (χ3v) is 5.25. The van der Waals surface area contributed by atoms with Crippen LogP contribution in [-0.2, 0) is 26.5 Å². The van der Waals surface area contributed by atoms with Crippen LogP contribution in [0.25, 0.3) is 0 Å². The van der Waals surface area contributed by atoms with E-state index in [1.54, 1.807) is 7.05 Å². The minimum atomic E-state index is -3.04. The first kappa shape index (κ1) is 15.5. The monoisotopic (exact) mass is 315 g/mol. The van der Waals surface area contributed by atoms with Gasteiger partial charge in [-0.05, 0) is 12.3 Å². The van der Waals surface area contributed by atoms with E-state index in [1.807, 2.05) is 0 Å². The van der Waals surface area contributed by atoms with Gasteiger partial charge in [-0.1, -0.05) is 0 Å². The first-order valence-corrected chi connectivity index (χ1v) is 8.30. The summed E-state index contributed by atoms with van der Waals surface area (Å²) in [6.07, 6.45) is 3.35. The Balaban J connectivity index is 1.98. The van der Waals surface area contributed by atoms with Crippen LogP contribution in [0.1, 0.15) is 24.4 Å². The molecule has 8 nitrogen and oxygen atoms in total. The summed E-state index contributed by atoms with van der Waals surface area (Å²) in [6.45, 7) is 0. The molecule has 0 aliphatic carbocycles. The van der Waals surface area contributed by atoms with E-state index in [9.17, 15) is 23.1 Å². The van der Waals surface area contributed by atoms with Gasteiger partial charge in [-0.3, -0.25) is 9.48 Å². The van der Waals surface area contributed by atoms with Gasteiger partial charge in [0.15, 0.2) is 15.9 Å². The van der Waals surface area contributed by atoms with Crippen molar-refractivity contribution in [2.24, 2.45) is 13.0 Å². The fourth-order valence-electron chi connectivity index (χ4n) is 2.39. The highest BCUT2D eigenvalue weighted by Gasteiger charge is 2.31. The van der Waals surface area contributed by atoms with E-state index in [2.05, 4.69) is 10.4 Å². The highest BCUT2D eigenvalue weighted by Crippen LogP contribution is 2.22. The van der Waals surface area contributed by atoms with Crippen LogP contribution in [0.4, 0.5) is 0 Å². The molecule has 0 radical (unpaired) electrons. The van der Waals surface area contributed by atoms with Crippen molar-refractivity contribution in [1.82, 2.24) is 15.1 Å². The summed E-state index contributed by atoms with van der Waals surface area (Å²) in [4.78, 5) is 23.1. The maximum absolute atomic E-state index is 11.9. The van der Waals surface area contributed by atoms with Crippen molar-refractivity contribution in [2.75, 3.05) is 11.5 Å². The fourth-order valence-corrected chi connectivity index (χ4v) is 4.25. The molecule has 9 heteroatoms. The number of aryl methyl sites for hydroxylation is 1. The molecule has 1 aliphatic rings. The zero-order valence-electron chi connectivity index (χ0n) is 11.5. The van der Waals surface area contributed by atoms with Crippen molar-refractivity contribution in [3.8, 4) is 0 Å². The second-order valence-electron chi connectivity index (χ2n) is 5.26. The molecule has 0 aromatic carbocycles. The molecule has 2 atom stereocenters. The lowest BCUT2D eigenvalue weighted by Crippen LogP contribution is -2.34. The van der Waals surface area contributed by atoms with Crippen LogP contribution in [0.15, 0.2) is 12.4 Å². The van der Waals surface area contributed by atoms with Crippen molar-refractivity contribution < 1.29 is 23.1 Å². The molecule has 2 rings (SSSR count). The van der Waals surface area contributed by atoms with Crippen molar-refractivity contribution in [1.29, 1.82) is 0 Å². The second kappa shape index (κ2) is 5.84. The van der Waals surface area contributed by atoms with Gasteiger partial charge < -0.3 is 10.4 Å². The van der Waals surface area contributed by atoms with E-state index in [0.717, 1.165) is 0 Å². The number of rotatable bonds is 5. The molecule has 2 N–H and O–H groups in total. The van der Waals surface area contributed by atoms with Gasteiger partial charge in [0.1, 0.15) is 0 Å². The molecule has 0 saturated carbocycles. The molecule has 1 amide bonds. The lowest BCUT2D eigenvalue weighted by atomic mass is 10.0. The number of aromatic nitrogens is 2. The Morgan fingerprint density at radius 2 is 2.29 bits per heavy atom. The third kappa shape index (κ3) is 4.03. The number of carboxylic acids is 1. The Bertz CT molecular complexity index is 652. The Labute approximate surface area is 122 Å². The molecule has 2 heterocycles. The number of carbonyl (C=O) groups excluding carboxylic acids is 1. The minimum absolute atomic E-state index is 0.00888. The molecule has 0 spiro atoms. The summed E-state index contributed by atoms with van der Waals surface area (Å²) in [5.74, 6) is -1.80. The summed E-state index contributed by atoms with van der Waals surface area (Å²) in [7, 11) is -1.40. The van der Waals surface area contributed by atoms with Gasteiger partial charge in [-0.15, -0.1) is 0 Å². The number of aliphatic carboxylic acids is 1. The number of carbonyl (C=O) groups is 2. The lowest BCUT2D eigenvalue weighted by Gasteiger charge is -2.14. The lowest BCUT2D eigenvalue weighted by molar-refractivity contribution is -0.142. The molecule has 1 aromatic rings. The zero-order valence-corrected chi connectivity index (χ0v) is 12.3. The summed E-state index contributed by atoms with van der Waals surface area (Å²) in [5.41, 5.74) is 0.373. The second-order valence-corrected chi connectivity index (χ2v) is 7.49. The first-order chi connectivity index (χ1) is 9.77. The van der Waals surface area contributed by atoms with Gasteiger partial charge in [0.25, 0.3) is 0 Å². The highest BCUT2D eigenvalue weighted by molar-refractivity contribution is 7.91. The SMILES string of the molecule is Cn1cc(C(NC(=O)CC2CCS(=O)(=O)C2)C(=O)O)cn1. The van der Waals surface area contributed by atoms with Crippen LogP contribution in [0.2, 0.25) is 0 Å². The van der Waals surface area contributed by atoms with Crippen molar-refractivity contribution in [2.45, 2.75) is 18.9 Å². The quantitative estimate of drug-likeness (QED) is 0.755. The highest BCUT2D eigenvalue weighted by atomic mass is 32.2. The maximum atomic E-state index is 11.9. The van der Waals surface area contributed by atoms with Crippen LogP contribution < -0.4 is 5.32 Å². The van der Waals surface area contributed by atoms with Gasteiger partial charge >= 0.3 is 5.97 Å². The van der Waals surface area contributed by atoms with Crippen molar-refractivity contribution >= 4 is 21.7 Å². The first-order valence-electron chi connectivity index (χ1n) is 6.48. The smallest absolute Gasteiger partial charge is 0.331 e. The molecule has 21 heavy (non-hydrogen) atoms. The molecular weight excluding hydrogens is 298 g/mol. The van der Waals surface area contributed by atoms with Crippen LogP contribution in [0.5, 0.6) is 0 Å². The Morgan fingerprint density at radius 1 is 1.57 bits per heavy atom. The van der Waals surface area contributed by atoms with Crippen LogP contribution in [-0.4, -0.2) is 46.7 Å². The zero-order chi connectivity index (χ0) is 15.6. The average molecular weight is 315 g/mol. The van der Waals surface area contributed by atoms with E-state index in [-0.39, 0.29) is 23.8 Å². The number of amides is 1. The van der Waals surface area contributed by atoms with Gasteiger partial charge in [-0.25, -0.2) is 13.2 Å². The Morgan fingerprint density at radius 3 is 2.76 bits per heavy atom. The molecule has 1 aromatic heterocycles. The average Bonchev–Trinajstić information content (AvgIpc) is 2.92.